The van der Waals surface area contributed by atoms with Gasteiger partial charge in [-0.15, -0.1) is 0 Å². The van der Waals surface area contributed by atoms with Crippen molar-refractivity contribution >= 4 is 23.7 Å². The van der Waals surface area contributed by atoms with Crippen LogP contribution in [0, 0.1) is 23.3 Å². The van der Waals surface area contributed by atoms with Gasteiger partial charge in [-0.3, -0.25) is 9.59 Å². The Bertz CT molecular complexity index is 1660. The number of hydrogen-bond donors (Lipinski definition) is 0. The van der Waals surface area contributed by atoms with Crippen LogP contribution in [0.3, 0.4) is 0 Å². The number of imide groups is 1. The fourth-order valence-electron chi connectivity index (χ4n) is 6.06. The summed E-state index contributed by atoms with van der Waals surface area (Å²) in [5, 5.41) is 4.31. The van der Waals surface area contributed by atoms with E-state index in [0.717, 1.165) is 11.8 Å². The normalized spacial score (nSPS) is 20.8. The van der Waals surface area contributed by atoms with E-state index in [1.54, 1.807) is 25.3 Å². The van der Waals surface area contributed by atoms with Gasteiger partial charge < -0.3 is 9.47 Å². The second-order valence-electron chi connectivity index (χ2n) is 10.8. The molecule has 208 valence electrons. The van der Waals surface area contributed by atoms with E-state index < -0.39 is 69.4 Å². The molecule has 0 saturated carbocycles. The van der Waals surface area contributed by atoms with Crippen LogP contribution in [-0.4, -0.2) is 40.5 Å². The Kier molecular flexibility index (Phi) is 5.42. The molecule has 3 aromatic rings. The average Bonchev–Trinajstić information content (AvgIpc) is 3.56. The number of fused-ring (bicyclic) bond motifs is 8. The van der Waals surface area contributed by atoms with Crippen molar-refractivity contribution < 1.29 is 46.0 Å². The molecule has 0 saturated heterocycles. The van der Waals surface area contributed by atoms with Gasteiger partial charge in [0.05, 0.1) is 24.9 Å². The average molecular weight is 559 g/mol. The predicted molar refractivity (Wildman–Crippen MR) is 128 cm³/mol. The number of amides is 2. The zero-order valence-corrected chi connectivity index (χ0v) is 21.9. The summed E-state index contributed by atoms with van der Waals surface area (Å²) in [6.07, 6.45) is -0.182. The first-order valence-electron chi connectivity index (χ1n) is 12.5. The summed E-state index contributed by atoms with van der Waals surface area (Å²) in [7, 11) is 1.04. The van der Waals surface area contributed by atoms with Gasteiger partial charge in [0.25, 0.3) is 17.6 Å². The van der Waals surface area contributed by atoms with Crippen molar-refractivity contribution in [3.63, 3.8) is 0 Å². The second kappa shape index (κ2) is 8.35. The molecule has 0 N–H and O–H groups in total. The molecule has 2 aromatic carbocycles. The van der Waals surface area contributed by atoms with Crippen molar-refractivity contribution in [2.75, 3.05) is 12.0 Å². The molecule has 3 aliphatic rings. The monoisotopic (exact) mass is 559 g/mol. The van der Waals surface area contributed by atoms with Crippen molar-refractivity contribution in [3.8, 4) is 5.69 Å². The van der Waals surface area contributed by atoms with Crippen molar-refractivity contribution in [2.24, 2.45) is 0 Å². The highest BCUT2D eigenvalue weighted by molar-refractivity contribution is 6.24. The lowest BCUT2D eigenvalue weighted by Crippen LogP contribution is -2.57. The molecular formula is C27H23F4N4O5+. The van der Waals surface area contributed by atoms with Crippen LogP contribution in [0.15, 0.2) is 24.3 Å². The lowest BCUT2D eigenvalue weighted by atomic mass is 9.63. The first kappa shape index (κ1) is 26.0. The summed E-state index contributed by atoms with van der Waals surface area (Å²) in [5.74, 6) is -11.8. The molecule has 1 aromatic heterocycles. The molecule has 1 spiro atoms. The quantitative estimate of drug-likeness (QED) is 0.149. The Balaban J connectivity index is 1.79. The minimum Gasteiger partial charge on any atom is -0.468 e. The molecule has 0 fully saturated rings. The van der Waals surface area contributed by atoms with Crippen LogP contribution in [-0.2, 0) is 37.4 Å². The Hall–Kier alpha value is -4.29. The second-order valence-corrected chi connectivity index (χ2v) is 10.8. The van der Waals surface area contributed by atoms with Gasteiger partial charge in [-0.25, -0.2) is 27.4 Å². The standard InChI is InChI=1S/C27H23F4N4O5/c1-26(2,3)40-25(38)34-13-9-6-5-8-12(13)27(24(34)37)15-17(28)18(29)19(30)20(31)21(15)35-22(16(27)23(36)39-4)33-11-7-10-14(33)32-35/h5-6,8-9,16H,7,10-11H2,1-4H3/q+1/t16?,27-/m1/s1. The summed E-state index contributed by atoms with van der Waals surface area (Å²) >= 11 is 0. The third kappa shape index (κ3) is 3.11. The summed E-state index contributed by atoms with van der Waals surface area (Å²) in [4.78, 5) is 42.3. The van der Waals surface area contributed by atoms with Crippen LogP contribution in [0.5, 0.6) is 0 Å². The maximum Gasteiger partial charge on any atom is 0.421 e. The smallest absolute Gasteiger partial charge is 0.421 e. The summed E-state index contributed by atoms with van der Waals surface area (Å²) in [5.41, 5.74) is -5.72. The predicted octanol–water partition coefficient (Wildman–Crippen LogP) is 3.50. The number of aromatic nitrogens is 3. The molecule has 4 heterocycles. The van der Waals surface area contributed by atoms with Crippen LogP contribution in [0.1, 0.15) is 55.9 Å². The topological polar surface area (TPSA) is 94.6 Å². The van der Waals surface area contributed by atoms with E-state index in [9.17, 15) is 23.2 Å². The van der Waals surface area contributed by atoms with E-state index in [-0.39, 0.29) is 17.1 Å². The summed E-state index contributed by atoms with van der Waals surface area (Å²) in [6, 6.07) is 5.64. The van der Waals surface area contributed by atoms with E-state index in [2.05, 4.69) is 5.10 Å². The number of rotatable bonds is 1. The summed E-state index contributed by atoms with van der Waals surface area (Å²) < 4.78 is 74.4. The van der Waals surface area contributed by atoms with Gasteiger partial charge in [-0.2, -0.15) is 4.39 Å². The van der Waals surface area contributed by atoms with Crippen molar-refractivity contribution in [1.29, 1.82) is 0 Å². The number of ether oxygens (including phenoxy) is 2. The number of para-hydroxylation sites is 1. The number of anilines is 1. The van der Waals surface area contributed by atoms with Crippen LogP contribution in [0.25, 0.3) is 5.69 Å². The van der Waals surface area contributed by atoms with Crippen LogP contribution >= 0.6 is 0 Å². The minimum atomic E-state index is -2.59. The fourth-order valence-corrected chi connectivity index (χ4v) is 6.06. The van der Waals surface area contributed by atoms with E-state index in [4.69, 9.17) is 9.47 Å². The first-order chi connectivity index (χ1) is 18.9. The first-order valence-corrected chi connectivity index (χ1v) is 12.5. The molecule has 0 bridgehead atoms. The van der Waals surface area contributed by atoms with Gasteiger partial charge in [0.15, 0.2) is 23.2 Å². The molecule has 1 unspecified atom stereocenters. The minimum absolute atomic E-state index is 0.0923. The molecule has 13 heteroatoms. The van der Waals surface area contributed by atoms with Gasteiger partial charge in [-0.05, 0) is 38.8 Å². The third-order valence-electron chi connectivity index (χ3n) is 7.47. The largest absolute Gasteiger partial charge is 0.468 e. The lowest BCUT2D eigenvalue weighted by Gasteiger charge is -2.37. The molecule has 6 rings (SSSR count). The van der Waals surface area contributed by atoms with Crippen molar-refractivity contribution in [3.05, 3.63) is 70.3 Å². The van der Waals surface area contributed by atoms with Crippen LogP contribution < -0.4 is 9.47 Å². The maximum absolute atomic E-state index is 16.1. The van der Waals surface area contributed by atoms with E-state index in [0.29, 0.717) is 30.1 Å². The maximum atomic E-state index is 16.1. The number of nitrogens with zero attached hydrogens (tertiary/aromatic N) is 4. The number of benzene rings is 2. The molecular weight excluding hydrogens is 536 g/mol. The molecule has 0 aliphatic carbocycles. The highest BCUT2D eigenvalue weighted by Crippen LogP contribution is 2.59. The Morgan fingerprint density at radius 3 is 2.42 bits per heavy atom. The molecule has 2 amide bonds. The molecule has 2 atom stereocenters. The Morgan fingerprint density at radius 2 is 1.75 bits per heavy atom. The zero-order valence-electron chi connectivity index (χ0n) is 21.9. The zero-order chi connectivity index (χ0) is 28.9. The number of esters is 1. The van der Waals surface area contributed by atoms with Gasteiger partial charge in [0, 0.05) is 11.5 Å². The number of carbonyl (C=O) groups excluding carboxylic acids is 3. The number of carbonyl (C=O) groups is 3. The molecule has 9 nitrogen and oxygen atoms in total. The van der Waals surface area contributed by atoms with E-state index in [1.807, 2.05) is 0 Å². The number of hydrogen-bond acceptors (Lipinski definition) is 6. The lowest BCUT2D eigenvalue weighted by molar-refractivity contribution is -0.699. The molecule has 3 aliphatic heterocycles. The highest BCUT2D eigenvalue weighted by Gasteiger charge is 2.70. The SMILES string of the molecule is COC(=O)C1c2n(nc3[n+]2CCC3)-c2c(F)c(F)c(F)c(F)c2[C@@]12C(=O)N(C(=O)OC(C)(C)C)c1ccccc12. The van der Waals surface area contributed by atoms with Crippen molar-refractivity contribution in [1.82, 2.24) is 9.78 Å². The number of aryl methyl sites for hydroxylation is 1. The Morgan fingerprint density at radius 1 is 1.07 bits per heavy atom. The van der Waals surface area contributed by atoms with Crippen LogP contribution in [0.2, 0.25) is 0 Å². The fraction of sp³-hybridized carbons (Fsp3) is 0.370. The molecule has 0 radical (unpaired) electrons. The van der Waals surface area contributed by atoms with E-state index in [1.165, 1.54) is 24.3 Å². The van der Waals surface area contributed by atoms with Gasteiger partial charge >= 0.3 is 12.1 Å². The number of halogens is 4. The van der Waals surface area contributed by atoms with Gasteiger partial charge in [-0.1, -0.05) is 22.9 Å². The molecule has 40 heavy (non-hydrogen) atoms. The van der Waals surface area contributed by atoms with E-state index >= 15 is 8.78 Å². The number of methoxy groups -OCH3 is 1. The summed E-state index contributed by atoms with van der Waals surface area (Å²) in [6.45, 7) is 4.98. The highest BCUT2D eigenvalue weighted by atomic mass is 19.2. The third-order valence-corrected chi connectivity index (χ3v) is 7.47. The van der Waals surface area contributed by atoms with Crippen LogP contribution in [0.4, 0.5) is 28.0 Å². The van der Waals surface area contributed by atoms with Crippen molar-refractivity contribution in [2.45, 2.75) is 57.1 Å². The Labute approximate surface area is 224 Å². The van der Waals surface area contributed by atoms with Gasteiger partial charge in [0.2, 0.25) is 11.6 Å². The van der Waals surface area contributed by atoms with Gasteiger partial charge in [0.1, 0.15) is 11.0 Å².